The number of rotatable bonds is 3. The number of carboxylic acid groups (broad SMARTS) is 1. The van der Waals surface area contributed by atoms with Crippen molar-refractivity contribution in [3.05, 3.63) is 24.5 Å². The fourth-order valence-corrected chi connectivity index (χ4v) is 2.51. The van der Waals surface area contributed by atoms with Gasteiger partial charge >= 0.3 is 5.97 Å². The Morgan fingerprint density at radius 1 is 1.53 bits per heavy atom. The second-order valence-electron chi connectivity index (χ2n) is 4.78. The number of carbonyl (C=O) groups excluding carboxylic acids is 1. The molecule has 1 aliphatic rings. The number of H-pyrrole nitrogens is 1. The molecule has 0 aliphatic carbocycles. The second-order valence-corrected chi connectivity index (χ2v) is 4.78. The van der Waals surface area contributed by atoms with Crippen LogP contribution < -0.4 is 4.90 Å². The molecule has 1 unspecified atom stereocenters. The van der Waals surface area contributed by atoms with E-state index in [9.17, 15) is 9.59 Å². The Morgan fingerprint density at radius 2 is 2.37 bits per heavy atom. The lowest BCUT2D eigenvalue weighted by Gasteiger charge is -2.16. The number of aromatic amines is 1. The number of amides is 1. The highest BCUT2D eigenvalue weighted by Crippen LogP contribution is 2.28. The lowest BCUT2D eigenvalue weighted by atomic mass is 10.1. The molecular formula is C13H13N3O3. The molecule has 1 aliphatic heterocycles. The van der Waals surface area contributed by atoms with Crippen molar-refractivity contribution in [1.29, 1.82) is 0 Å². The average molecular weight is 259 g/mol. The first kappa shape index (κ1) is 11.7. The van der Waals surface area contributed by atoms with E-state index in [1.807, 2.05) is 18.2 Å². The van der Waals surface area contributed by atoms with Gasteiger partial charge in [0, 0.05) is 18.7 Å². The molecule has 2 aromatic rings. The molecule has 6 heteroatoms. The Labute approximate surface area is 109 Å². The molecule has 2 heterocycles. The van der Waals surface area contributed by atoms with E-state index in [1.165, 1.54) is 0 Å². The maximum absolute atomic E-state index is 11.9. The van der Waals surface area contributed by atoms with Gasteiger partial charge in [-0.25, -0.2) is 4.98 Å². The third-order valence-electron chi connectivity index (χ3n) is 3.38. The van der Waals surface area contributed by atoms with Crippen LogP contribution in [-0.2, 0) is 9.59 Å². The SMILES string of the molecule is O=C(O)CC1CC(=O)N(c2ccc3nc[nH]c3c2)C1. The molecule has 6 nitrogen and oxygen atoms in total. The Kier molecular flexibility index (Phi) is 2.70. The zero-order valence-electron chi connectivity index (χ0n) is 10.2. The number of fused-ring (bicyclic) bond motifs is 1. The third-order valence-corrected chi connectivity index (χ3v) is 3.38. The summed E-state index contributed by atoms with van der Waals surface area (Å²) in [5.74, 6) is -0.990. The van der Waals surface area contributed by atoms with Gasteiger partial charge in [0.15, 0.2) is 0 Å². The number of nitrogens with zero attached hydrogens (tertiary/aromatic N) is 2. The topological polar surface area (TPSA) is 86.3 Å². The number of benzene rings is 1. The van der Waals surface area contributed by atoms with E-state index >= 15 is 0 Å². The summed E-state index contributed by atoms with van der Waals surface area (Å²) in [5, 5.41) is 8.79. The van der Waals surface area contributed by atoms with Crippen molar-refractivity contribution >= 4 is 28.6 Å². The van der Waals surface area contributed by atoms with Crippen LogP contribution in [0.1, 0.15) is 12.8 Å². The van der Waals surface area contributed by atoms with Crippen molar-refractivity contribution in [3.63, 3.8) is 0 Å². The van der Waals surface area contributed by atoms with Gasteiger partial charge in [-0.05, 0) is 24.1 Å². The van der Waals surface area contributed by atoms with Crippen molar-refractivity contribution in [2.75, 3.05) is 11.4 Å². The number of imidazole rings is 1. The predicted molar refractivity (Wildman–Crippen MR) is 68.8 cm³/mol. The quantitative estimate of drug-likeness (QED) is 0.872. The van der Waals surface area contributed by atoms with Crippen molar-refractivity contribution < 1.29 is 14.7 Å². The minimum absolute atomic E-state index is 0.0230. The average Bonchev–Trinajstić information content (AvgIpc) is 2.93. The molecule has 1 amide bonds. The van der Waals surface area contributed by atoms with E-state index in [0.29, 0.717) is 13.0 Å². The van der Waals surface area contributed by atoms with Crippen molar-refractivity contribution in [3.8, 4) is 0 Å². The molecule has 1 atom stereocenters. The maximum atomic E-state index is 11.9. The highest BCUT2D eigenvalue weighted by atomic mass is 16.4. The Balaban J connectivity index is 1.85. The molecule has 1 aromatic heterocycles. The van der Waals surface area contributed by atoms with Crippen molar-refractivity contribution in [1.82, 2.24) is 9.97 Å². The van der Waals surface area contributed by atoms with Gasteiger partial charge < -0.3 is 15.0 Å². The van der Waals surface area contributed by atoms with Crippen LogP contribution in [0.15, 0.2) is 24.5 Å². The Hall–Kier alpha value is -2.37. The van der Waals surface area contributed by atoms with Gasteiger partial charge in [0.1, 0.15) is 0 Å². The van der Waals surface area contributed by atoms with Crippen molar-refractivity contribution in [2.45, 2.75) is 12.8 Å². The van der Waals surface area contributed by atoms with Crippen LogP contribution in [0, 0.1) is 5.92 Å². The highest BCUT2D eigenvalue weighted by Gasteiger charge is 2.31. The molecule has 1 saturated heterocycles. The van der Waals surface area contributed by atoms with E-state index in [-0.39, 0.29) is 18.2 Å². The molecule has 3 rings (SSSR count). The fraction of sp³-hybridized carbons (Fsp3) is 0.308. The largest absolute Gasteiger partial charge is 0.481 e. The van der Waals surface area contributed by atoms with Crippen LogP contribution in [0.4, 0.5) is 5.69 Å². The van der Waals surface area contributed by atoms with Gasteiger partial charge in [-0.2, -0.15) is 0 Å². The molecular weight excluding hydrogens is 246 g/mol. The first-order chi connectivity index (χ1) is 9.13. The molecule has 0 spiro atoms. The van der Waals surface area contributed by atoms with Crippen molar-refractivity contribution in [2.24, 2.45) is 5.92 Å². The van der Waals surface area contributed by atoms with Crippen LogP contribution in [0.5, 0.6) is 0 Å². The Morgan fingerprint density at radius 3 is 3.16 bits per heavy atom. The summed E-state index contributed by atoms with van der Waals surface area (Å²) in [7, 11) is 0. The summed E-state index contributed by atoms with van der Waals surface area (Å²) in [4.78, 5) is 31.4. The summed E-state index contributed by atoms with van der Waals surface area (Å²) in [6.45, 7) is 0.463. The van der Waals surface area contributed by atoms with E-state index < -0.39 is 5.97 Å². The molecule has 0 radical (unpaired) electrons. The second kappa shape index (κ2) is 4.38. The van der Waals surface area contributed by atoms with Crippen LogP contribution >= 0.6 is 0 Å². The summed E-state index contributed by atoms with van der Waals surface area (Å²) in [5.41, 5.74) is 2.50. The number of carbonyl (C=O) groups is 2. The number of hydrogen-bond donors (Lipinski definition) is 2. The zero-order valence-corrected chi connectivity index (χ0v) is 10.2. The van der Waals surface area contributed by atoms with Gasteiger partial charge in [0.2, 0.25) is 5.91 Å². The number of anilines is 1. The molecule has 0 bridgehead atoms. The first-order valence-electron chi connectivity index (χ1n) is 6.09. The van der Waals surface area contributed by atoms with E-state index in [4.69, 9.17) is 5.11 Å². The number of aromatic nitrogens is 2. The lowest BCUT2D eigenvalue weighted by molar-refractivity contribution is -0.137. The standard InChI is InChI=1S/C13H13N3O3/c17-12-3-8(4-13(18)19)6-16(12)9-1-2-10-11(5-9)15-7-14-10/h1-2,5,7-8H,3-4,6H2,(H,14,15)(H,18,19). The van der Waals surface area contributed by atoms with Gasteiger partial charge in [-0.15, -0.1) is 0 Å². The minimum atomic E-state index is -0.858. The summed E-state index contributed by atoms with van der Waals surface area (Å²) in [6.07, 6.45) is 1.94. The summed E-state index contributed by atoms with van der Waals surface area (Å²) in [6, 6.07) is 5.55. The van der Waals surface area contributed by atoms with Crippen LogP contribution in [0.3, 0.4) is 0 Å². The summed E-state index contributed by atoms with van der Waals surface area (Å²) >= 11 is 0. The van der Waals surface area contributed by atoms with Gasteiger partial charge in [0.25, 0.3) is 0 Å². The normalized spacial score (nSPS) is 19.3. The lowest BCUT2D eigenvalue weighted by Crippen LogP contribution is -2.24. The van der Waals surface area contributed by atoms with Gasteiger partial charge in [0.05, 0.1) is 23.8 Å². The van der Waals surface area contributed by atoms with E-state index in [0.717, 1.165) is 16.7 Å². The number of carboxylic acids is 1. The monoisotopic (exact) mass is 259 g/mol. The Bertz CT molecular complexity index is 649. The molecule has 98 valence electrons. The molecule has 1 fully saturated rings. The molecule has 1 aromatic carbocycles. The van der Waals surface area contributed by atoms with E-state index in [2.05, 4.69) is 9.97 Å². The first-order valence-corrected chi connectivity index (χ1v) is 6.09. The predicted octanol–water partition coefficient (Wildman–Crippen LogP) is 1.39. The maximum Gasteiger partial charge on any atom is 0.303 e. The third kappa shape index (κ3) is 2.16. The number of hydrogen-bond acceptors (Lipinski definition) is 3. The van der Waals surface area contributed by atoms with Crippen LogP contribution in [0.25, 0.3) is 11.0 Å². The molecule has 19 heavy (non-hydrogen) atoms. The fourth-order valence-electron chi connectivity index (χ4n) is 2.51. The minimum Gasteiger partial charge on any atom is -0.481 e. The zero-order chi connectivity index (χ0) is 13.4. The van der Waals surface area contributed by atoms with Gasteiger partial charge in [-0.1, -0.05) is 0 Å². The summed E-state index contributed by atoms with van der Waals surface area (Å²) < 4.78 is 0. The number of aliphatic carboxylic acids is 1. The van der Waals surface area contributed by atoms with Crippen LogP contribution in [-0.4, -0.2) is 33.5 Å². The van der Waals surface area contributed by atoms with Crippen LogP contribution in [0.2, 0.25) is 0 Å². The number of nitrogens with one attached hydrogen (secondary N) is 1. The van der Waals surface area contributed by atoms with E-state index in [1.54, 1.807) is 11.2 Å². The van der Waals surface area contributed by atoms with Gasteiger partial charge in [-0.3, -0.25) is 9.59 Å². The molecule has 2 N–H and O–H groups in total. The smallest absolute Gasteiger partial charge is 0.303 e. The highest BCUT2D eigenvalue weighted by molar-refractivity contribution is 5.97. The molecule has 0 saturated carbocycles.